The van der Waals surface area contributed by atoms with Crippen molar-refractivity contribution in [2.45, 2.75) is 12.5 Å². The Kier molecular flexibility index (Phi) is 3.17. The predicted octanol–water partition coefficient (Wildman–Crippen LogP) is -0.104. The van der Waals surface area contributed by atoms with E-state index in [0.717, 1.165) is 0 Å². The molecule has 0 saturated heterocycles. The van der Waals surface area contributed by atoms with E-state index in [2.05, 4.69) is 0 Å². The van der Waals surface area contributed by atoms with Gasteiger partial charge in [-0.2, -0.15) is 0 Å². The minimum absolute atomic E-state index is 0.0172. The van der Waals surface area contributed by atoms with Gasteiger partial charge in [-0.25, -0.2) is 0 Å². The van der Waals surface area contributed by atoms with Crippen LogP contribution in [0, 0.1) is 10.1 Å². The lowest BCUT2D eigenvalue weighted by molar-refractivity contribution is -0.384. The van der Waals surface area contributed by atoms with Gasteiger partial charge in [0.2, 0.25) is 5.91 Å². The van der Waals surface area contributed by atoms with Crippen molar-refractivity contribution < 1.29 is 19.6 Å². The molecule has 100 valence electrons. The van der Waals surface area contributed by atoms with Gasteiger partial charge in [0.15, 0.2) is 0 Å². The summed E-state index contributed by atoms with van der Waals surface area (Å²) >= 11 is 0. The maximum absolute atomic E-state index is 11.8. The van der Waals surface area contributed by atoms with Gasteiger partial charge in [0.1, 0.15) is 6.04 Å². The van der Waals surface area contributed by atoms with Crippen molar-refractivity contribution in [1.29, 1.82) is 0 Å². The molecule has 1 amide bonds. The normalized spacial score (nSPS) is 15.2. The van der Waals surface area contributed by atoms with Crippen molar-refractivity contribution >= 4 is 23.3 Å². The van der Waals surface area contributed by atoms with Crippen LogP contribution in [0.2, 0.25) is 0 Å². The molecule has 2 rings (SSSR count). The second-order valence-electron chi connectivity index (χ2n) is 4.20. The van der Waals surface area contributed by atoms with Crippen LogP contribution in [-0.2, 0) is 16.0 Å². The third-order valence-electron chi connectivity index (χ3n) is 2.90. The van der Waals surface area contributed by atoms with E-state index in [1.54, 1.807) is 0 Å². The molecule has 0 bridgehead atoms. The van der Waals surface area contributed by atoms with E-state index in [9.17, 15) is 19.7 Å². The molecule has 1 aromatic carbocycles. The van der Waals surface area contributed by atoms with Gasteiger partial charge in [0, 0.05) is 17.8 Å². The molecule has 0 fully saturated rings. The summed E-state index contributed by atoms with van der Waals surface area (Å²) in [5.41, 5.74) is 6.28. The lowest BCUT2D eigenvalue weighted by Gasteiger charge is -2.19. The largest absolute Gasteiger partial charge is 0.480 e. The molecule has 0 saturated carbocycles. The average molecular weight is 265 g/mol. The number of carboxylic acids is 1. The van der Waals surface area contributed by atoms with Crippen molar-refractivity contribution in [2.75, 3.05) is 11.4 Å². The number of nitrogens with two attached hydrogens (primary N) is 1. The van der Waals surface area contributed by atoms with E-state index >= 15 is 0 Å². The van der Waals surface area contributed by atoms with E-state index in [1.807, 2.05) is 0 Å². The first-order chi connectivity index (χ1) is 8.90. The smallest absolute Gasteiger partial charge is 0.322 e. The number of nitro groups is 1. The number of anilines is 1. The molecule has 1 atom stereocenters. The zero-order valence-corrected chi connectivity index (χ0v) is 9.78. The van der Waals surface area contributed by atoms with Crippen LogP contribution < -0.4 is 10.6 Å². The van der Waals surface area contributed by atoms with Crippen LogP contribution in [0.4, 0.5) is 11.4 Å². The summed E-state index contributed by atoms with van der Waals surface area (Å²) in [6.07, 6.45) is 0.0172. The molecule has 3 N–H and O–H groups in total. The molecule has 1 aliphatic rings. The standard InChI is InChI=1S/C11H11N3O5/c12-8(11(16)17)5-13-9-2-1-7(14(18)19)3-6(9)4-10(13)15/h1-3,8H,4-5,12H2,(H,16,17). The minimum Gasteiger partial charge on any atom is -0.480 e. The number of carbonyl (C=O) groups is 2. The molecule has 0 aromatic heterocycles. The average Bonchev–Trinajstić information content (AvgIpc) is 2.64. The van der Waals surface area contributed by atoms with Crippen LogP contribution in [0.25, 0.3) is 0 Å². The number of carbonyl (C=O) groups excluding carboxylic acids is 1. The van der Waals surface area contributed by atoms with Crippen molar-refractivity contribution in [1.82, 2.24) is 0 Å². The highest BCUT2D eigenvalue weighted by molar-refractivity contribution is 6.02. The number of hydrogen-bond donors (Lipinski definition) is 2. The summed E-state index contributed by atoms with van der Waals surface area (Å²) in [4.78, 5) is 33.8. The fourth-order valence-electron chi connectivity index (χ4n) is 1.96. The Hall–Kier alpha value is -2.48. The van der Waals surface area contributed by atoms with E-state index in [4.69, 9.17) is 10.8 Å². The highest BCUT2D eigenvalue weighted by Crippen LogP contribution is 2.31. The number of nitro benzene ring substituents is 1. The summed E-state index contributed by atoms with van der Waals surface area (Å²) in [5, 5.41) is 19.4. The molecule has 0 aliphatic carbocycles. The Labute approximate surface area is 107 Å². The number of carboxylic acid groups (broad SMARTS) is 1. The molecule has 8 nitrogen and oxygen atoms in total. The summed E-state index contributed by atoms with van der Waals surface area (Å²) in [6, 6.07) is 2.84. The van der Waals surface area contributed by atoms with Gasteiger partial charge in [-0.3, -0.25) is 19.7 Å². The number of fused-ring (bicyclic) bond motifs is 1. The van der Waals surface area contributed by atoms with Gasteiger partial charge in [-0.05, 0) is 11.6 Å². The molecule has 19 heavy (non-hydrogen) atoms. The molecular formula is C11H11N3O5. The van der Waals surface area contributed by atoms with Gasteiger partial charge in [0.05, 0.1) is 17.9 Å². The number of non-ortho nitro benzene ring substituents is 1. The minimum atomic E-state index is -1.21. The van der Waals surface area contributed by atoms with Gasteiger partial charge in [0.25, 0.3) is 5.69 Å². The Morgan fingerprint density at radius 2 is 2.26 bits per heavy atom. The summed E-state index contributed by atoms with van der Waals surface area (Å²) in [5.74, 6) is -1.52. The first-order valence-electron chi connectivity index (χ1n) is 5.46. The lowest BCUT2D eigenvalue weighted by atomic mass is 10.1. The first-order valence-corrected chi connectivity index (χ1v) is 5.46. The topological polar surface area (TPSA) is 127 Å². The lowest BCUT2D eigenvalue weighted by Crippen LogP contribution is -2.44. The van der Waals surface area contributed by atoms with Crippen molar-refractivity contribution in [3.63, 3.8) is 0 Å². The Morgan fingerprint density at radius 3 is 2.84 bits per heavy atom. The maximum Gasteiger partial charge on any atom is 0.322 e. The monoisotopic (exact) mass is 265 g/mol. The van der Waals surface area contributed by atoms with E-state index in [0.29, 0.717) is 11.3 Å². The number of nitrogens with zero attached hydrogens (tertiary/aromatic N) is 2. The van der Waals surface area contributed by atoms with Gasteiger partial charge in [-0.15, -0.1) is 0 Å². The van der Waals surface area contributed by atoms with Crippen molar-refractivity contribution in [2.24, 2.45) is 5.73 Å². The van der Waals surface area contributed by atoms with E-state index in [-0.39, 0.29) is 24.6 Å². The van der Waals surface area contributed by atoms with Gasteiger partial charge >= 0.3 is 5.97 Å². The molecule has 1 aliphatic heterocycles. The maximum atomic E-state index is 11.8. The van der Waals surface area contributed by atoms with Crippen LogP contribution in [0.5, 0.6) is 0 Å². The summed E-state index contributed by atoms with van der Waals surface area (Å²) < 4.78 is 0. The van der Waals surface area contributed by atoms with Crippen molar-refractivity contribution in [3.8, 4) is 0 Å². The molecule has 8 heteroatoms. The van der Waals surface area contributed by atoms with E-state index < -0.39 is 16.9 Å². The van der Waals surface area contributed by atoms with Crippen LogP contribution >= 0.6 is 0 Å². The number of aliphatic carboxylic acids is 1. The summed E-state index contributed by atoms with van der Waals surface area (Å²) in [6.45, 7) is -0.154. The van der Waals surface area contributed by atoms with Crippen molar-refractivity contribution in [3.05, 3.63) is 33.9 Å². The highest BCUT2D eigenvalue weighted by atomic mass is 16.6. The zero-order valence-electron chi connectivity index (χ0n) is 9.78. The summed E-state index contributed by atoms with van der Waals surface area (Å²) in [7, 11) is 0. The Bertz CT molecular complexity index is 571. The van der Waals surface area contributed by atoms with Crippen LogP contribution in [0.1, 0.15) is 5.56 Å². The Balaban J connectivity index is 2.29. The Morgan fingerprint density at radius 1 is 1.58 bits per heavy atom. The predicted molar refractivity (Wildman–Crippen MR) is 64.8 cm³/mol. The molecule has 1 heterocycles. The molecular weight excluding hydrogens is 254 g/mol. The fraction of sp³-hybridized carbons (Fsp3) is 0.273. The van der Waals surface area contributed by atoms with Gasteiger partial charge < -0.3 is 15.7 Å². The highest BCUT2D eigenvalue weighted by Gasteiger charge is 2.31. The van der Waals surface area contributed by atoms with Crippen LogP contribution in [0.15, 0.2) is 18.2 Å². The number of amides is 1. The number of hydrogen-bond acceptors (Lipinski definition) is 5. The quantitative estimate of drug-likeness (QED) is 0.578. The van der Waals surface area contributed by atoms with Crippen LogP contribution in [0.3, 0.4) is 0 Å². The van der Waals surface area contributed by atoms with Crippen LogP contribution in [-0.4, -0.2) is 34.5 Å². The molecule has 0 spiro atoms. The third kappa shape index (κ3) is 2.38. The number of rotatable bonds is 4. The SMILES string of the molecule is NC(CN1C(=O)Cc2cc([N+](=O)[O-])ccc21)C(=O)O. The molecule has 1 aromatic rings. The van der Waals surface area contributed by atoms with E-state index in [1.165, 1.54) is 23.1 Å². The third-order valence-corrected chi connectivity index (χ3v) is 2.90. The second-order valence-corrected chi connectivity index (χ2v) is 4.20. The number of benzene rings is 1. The second kappa shape index (κ2) is 4.65. The van der Waals surface area contributed by atoms with Gasteiger partial charge in [-0.1, -0.05) is 0 Å². The first kappa shape index (κ1) is 13.0. The molecule has 1 unspecified atom stereocenters. The molecule has 0 radical (unpaired) electrons. The fourth-order valence-corrected chi connectivity index (χ4v) is 1.96. The zero-order chi connectivity index (χ0) is 14.2.